The lowest BCUT2D eigenvalue weighted by atomic mass is 10.0. The number of ketones is 1. The van der Waals surface area contributed by atoms with E-state index in [9.17, 15) is 4.79 Å². The fourth-order valence-electron chi connectivity index (χ4n) is 1.90. The number of rotatable bonds is 3. The van der Waals surface area contributed by atoms with E-state index in [1.807, 2.05) is 42.5 Å². The molecule has 0 saturated carbocycles. The van der Waals surface area contributed by atoms with E-state index < -0.39 is 0 Å². The summed E-state index contributed by atoms with van der Waals surface area (Å²) >= 11 is 0. The molecule has 2 aromatic carbocycles. The van der Waals surface area contributed by atoms with Crippen molar-refractivity contribution in [3.63, 3.8) is 0 Å². The Morgan fingerprint density at radius 2 is 1.58 bits per heavy atom. The van der Waals surface area contributed by atoms with Crippen molar-refractivity contribution in [1.29, 1.82) is 0 Å². The smallest absolute Gasteiger partial charge is 0.229 e. The third kappa shape index (κ3) is 2.28. The van der Waals surface area contributed by atoms with Gasteiger partial charge in [-0.1, -0.05) is 54.6 Å². The van der Waals surface area contributed by atoms with E-state index in [0.29, 0.717) is 5.56 Å². The highest BCUT2D eigenvalue weighted by atomic mass is 16.1. The number of nitrogens with one attached hydrogen (secondary N) is 1. The van der Waals surface area contributed by atoms with Crippen molar-refractivity contribution >= 4 is 5.78 Å². The molecule has 1 aromatic heterocycles. The number of hydrogen-bond donors (Lipinski definition) is 1. The van der Waals surface area contributed by atoms with E-state index in [0.717, 1.165) is 11.1 Å². The lowest BCUT2D eigenvalue weighted by molar-refractivity contribution is 0.103. The first-order valence-corrected chi connectivity index (χ1v) is 5.90. The second-order valence-electron chi connectivity index (χ2n) is 4.11. The van der Waals surface area contributed by atoms with Crippen molar-refractivity contribution in [3.05, 3.63) is 72.3 Å². The zero-order valence-corrected chi connectivity index (χ0v) is 10.1. The molecule has 0 aliphatic rings. The average Bonchev–Trinajstić information content (AvgIpc) is 3.02. The Morgan fingerprint density at radius 1 is 0.895 bits per heavy atom. The van der Waals surface area contributed by atoms with Crippen LogP contribution < -0.4 is 0 Å². The number of hydrogen-bond acceptors (Lipinski definition) is 3. The summed E-state index contributed by atoms with van der Waals surface area (Å²) in [6.45, 7) is 0. The maximum Gasteiger partial charge on any atom is 0.229 e. The number of benzene rings is 2. The van der Waals surface area contributed by atoms with E-state index in [1.54, 1.807) is 12.1 Å². The summed E-state index contributed by atoms with van der Waals surface area (Å²) in [5.41, 5.74) is 2.80. The summed E-state index contributed by atoms with van der Waals surface area (Å²) in [6.07, 6.45) is 1.32. The van der Waals surface area contributed by atoms with Gasteiger partial charge in [0.2, 0.25) is 5.78 Å². The topological polar surface area (TPSA) is 58.6 Å². The summed E-state index contributed by atoms with van der Waals surface area (Å²) in [5, 5.41) is 6.25. The Morgan fingerprint density at radius 3 is 2.21 bits per heavy atom. The number of nitrogens with zero attached hydrogens (tertiary/aromatic N) is 2. The molecule has 0 amide bonds. The van der Waals surface area contributed by atoms with E-state index >= 15 is 0 Å². The van der Waals surface area contributed by atoms with Gasteiger partial charge < -0.3 is 0 Å². The predicted molar refractivity (Wildman–Crippen MR) is 71.7 cm³/mol. The zero-order chi connectivity index (χ0) is 13.1. The van der Waals surface area contributed by atoms with Crippen LogP contribution in [0, 0.1) is 0 Å². The molecule has 4 heteroatoms. The Kier molecular flexibility index (Phi) is 2.90. The lowest BCUT2D eigenvalue weighted by Gasteiger charge is -2.02. The van der Waals surface area contributed by atoms with Crippen molar-refractivity contribution in [2.75, 3.05) is 0 Å². The Hall–Kier alpha value is -2.75. The van der Waals surface area contributed by atoms with Crippen LogP contribution in [0.5, 0.6) is 0 Å². The summed E-state index contributed by atoms with van der Waals surface area (Å²) < 4.78 is 0. The van der Waals surface area contributed by atoms with Crippen molar-refractivity contribution < 1.29 is 4.79 Å². The van der Waals surface area contributed by atoms with Gasteiger partial charge in [-0.3, -0.25) is 9.89 Å². The third-order valence-corrected chi connectivity index (χ3v) is 2.88. The first kappa shape index (κ1) is 11.3. The Bertz CT molecular complexity index is 673. The minimum atomic E-state index is -0.155. The van der Waals surface area contributed by atoms with Gasteiger partial charge in [0.15, 0.2) is 5.82 Å². The van der Waals surface area contributed by atoms with Crippen molar-refractivity contribution in [1.82, 2.24) is 15.2 Å². The van der Waals surface area contributed by atoms with Gasteiger partial charge in [0.1, 0.15) is 6.33 Å². The highest BCUT2D eigenvalue weighted by Gasteiger charge is 2.11. The minimum absolute atomic E-state index is 0.155. The molecule has 1 N–H and O–H groups in total. The molecule has 0 radical (unpaired) electrons. The van der Waals surface area contributed by atoms with Crippen LogP contribution in [0.1, 0.15) is 16.2 Å². The summed E-state index contributed by atoms with van der Waals surface area (Å²) in [5.74, 6) is 0.101. The first-order valence-electron chi connectivity index (χ1n) is 5.90. The predicted octanol–water partition coefficient (Wildman–Crippen LogP) is 2.70. The molecule has 0 unspecified atom stereocenters. The summed E-state index contributed by atoms with van der Waals surface area (Å²) in [7, 11) is 0. The van der Waals surface area contributed by atoms with E-state index in [4.69, 9.17) is 0 Å². The molecule has 3 rings (SSSR count). The molecule has 0 aliphatic carbocycles. The zero-order valence-electron chi connectivity index (χ0n) is 10.1. The van der Waals surface area contributed by atoms with Gasteiger partial charge in [-0.25, -0.2) is 4.98 Å². The number of carbonyl (C=O) groups is 1. The van der Waals surface area contributed by atoms with Gasteiger partial charge in [-0.15, -0.1) is 0 Å². The normalized spacial score (nSPS) is 10.3. The van der Waals surface area contributed by atoms with Crippen LogP contribution in [0.2, 0.25) is 0 Å². The van der Waals surface area contributed by atoms with Crippen LogP contribution in [0.15, 0.2) is 60.9 Å². The number of carbonyl (C=O) groups excluding carboxylic acids is 1. The second-order valence-corrected chi connectivity index (χ2v) is 4.11. The molecule has 0 bridgehead atoms. The van der Waals surface area contributed by atoms with Crippen LogP contribution in [-0.4, -0.2) is 21.0 Å². The maximum absolute atomic E-state index is 12.0. The SMILES string of the molecule is O=C(c1ccc(-c2ccccc2)cc1)c1ncn[nH]1. The molecule has 0 aliphatic heterocycles. The second kappa shape index (κ2) is 4.86. The van der Waals surface area contributed by atoms with Crippen LogP contribution >= 0.6 is 0 Å². The molecule has 92 valence electrons. The molecular formula is C15H11N3O. The molecule has 0 saturated heterocycles. The largest absolute Gasteiger partial charge is 0.285 e. The fourth-order valence-corrected chi connectivity index (χ4v) is 1.90. The number of aromatic amines is 1. The van der Waals surface area contributed by atoms with Gasteiger partial charge in [0.05, 0.1) is 0 Å². The molecule has 0 atom stereocenters. The van der Waals surface area contributed by atoms with E-state index in [1.165, 1.54) is 6.33 Å². The molecule has 0 spiro atoms. The maximum atomic E-state index is 12.0. The Labute approximate surface area is 110 Å². The number of aromatic nitrogens is 3. The van der Waals surface area contributed by atoms with Crippen LogP contribution in [0.3, 0.4) is 0 Å². The van der Waals surface area contributed by atoms with E-state index in [2.05, 4.69) is 15.2 Å². The van der Waals surface area contributed by atoms with Gasteiger partial charge in [-0.2, -0.15) is 5.10 Å². The van der Waals surface area contributed by atoms with Crippen molar-refractivity contribution in [2.24, 2.45) is 0 Å². The fraction of sp³-hybridized carbons (Fsp3) is 0. The van der Waals surface area contributed by atoms with Crippen LogP contribution in [0.4, 0.5) is 0 Å². The molecule has 3 aromatic rings. The molecular weight excluding hydrogens is 238 g/mol. The van der Waals surface area contributed by atoms with Crippen LogP contribution in [0.25, 0.3) is 11.1 Å². The average molecular weight is 249 g/mol. The summed E-state index contributed by atoms with van der Waals surface area (Å²) in [6, 6.07) is 17.5. The van der Waals surface area contributed by atoms with Gasteiger partial charge in [-0.05, 0) is 11.1 Å². The molecule has 19 heavy (non-hydrogen) atoms. The van der Waals surface area contributed by atoms with Crippen LogP contribution in [-0.2, 0) is 0 Å². The summed E-state index contributed by atoms with van der Waals surface area (Å²) in [4.78, 5) is 15.9. The molecule has 1 heterocycles. The third-order valence-electron chi connectivity index (χ3n) is 2.88. The van der Waals surface area contributed by atoms with Gasteiger partial charge >= 0.3 is 0 Å². The lowest BCUT2D eigenvalue weighted by Crippen LogP contribution is -2.03. The highest BCUT2D eigenvalue weighted by molar-refractivity contribution is 6.06. The molecule has 0 fully saturated rings. The van der Waals surface area contributed by atoms with Crippen molar-refractivity contribution in [3.8, 4) is 11.1 Å². The standard InChI is InChI=1S/C15H11N3O/c19-14(15-16-10-17-18-15)13-8-6-12(7-9-13)11-4-2-1-3-5-11/h1-10H,(H,16,17,18). The van der Waals surface area contributed by atoms with Crippen molar-refractivity contribution in [2.45, 2.75) is 0 Å². The van der Waals surface area contributed by atoms with Gasteiger partial charge in [0.25, 0.3) is 0 Å². The minimum Gasteiger partial charge on any atom is -0.285 e. The Balaban J connectivity index is 1.90. The number of H-pyrrole nitrogens is 1. The molecule has 4 nitrogen and oxygen atoms in total. The monoisotopic (exact) mass is 249 g/mol. The quantitative estimate of drug-likeness (QED) is 0.726. The van der Waals surface area contributed by atoms with Gasteiger partial charge in [0, 0.05) is 5.56 Å². The van der Waals surface area contributed by atoms with E-state index in [-0.39, 0.29) is 11.6 Å². The highest BCUT2D eigenvalue weighted by Crippen LogP contribution is 2.19. The first-order chi connectivity index (χ1) is 9.34.